The molecule has 0 spiro atoms. The van der Waals surface area contributed by atoms with Gasteiger partial charge < -0.3 is 0 Å². The molecule has 1 aromatic rings. The van der Waals surface area contributed by atoms with Crippen molar-refractivity contribution in [3.8, 4) is 0 Å². The number of hydrogen-bond acceptors (Lipinski definition) is 0. The molecule has 0 aromatic heterocycles. The van der Waals surface area contributed by atoms with Gasteiger partial charge in [0.25, 0.3) is 0 Å². The quantitative estimate of drug-likeness (QED) is 0.601. The largest absolute Gasteiger partial charge is 0.115 e. The summed E-state index contributed by atoms with van der Waals surface area (Å²) in [5, 5.41) is 0. The summed E-state index contributed by atoms with van der Waals surface area (Å²) in [5.74, 6) is 0. The maximum Gasteiger partial charge on any atom is 0.0638 e. The van der Waals surface area contributed by atoms with Crippen LogP contribution in [0.1, 0.15) is 45.7 Å². The minimum atomic E-state index is -0.277. The van der Waals surface area contributed by atoms with E-state index in [4.69, 9.17) is 11.6 Å². The summed E-state index contributed by atoms with van der Waals surface area (Å²) in [4.78, 5) is -0.277. The van der Waals surface area contributed by atoms with Gasteiger partial charge in [-0.1, -0.05) is 45.0 Å². The van der Waals surface area contributed by atoms with Crippen molar-refractivity contribution in [3.63, 3.8) is 0 Å². The molecule has 0 atom stereocenters. The average molecular weight is 211 g/mol. The van der Waals surface area contributed by atoms with Gasteiger partial charge in [-0.05, 0) is 30.4 Å². The Morgan fingerprint density at radius 2 is 1.43 bits per heavy atom. The monoisotopic (exact) mass is 210 g/mol. The first kappa shape index (κ1) is 11.6. The third-order valence-corrected chi connectivity index (χ3v) is 2.63. The van der Waals surface area contributed by atoms with E-state index in [1.54, 1.807) is 0 Å². The Hall–Kier alpha value is -0.490. The van der Waals surface area contributed by atoms with Crippen molar-refractivity contribution in [3.05, 3.63) is 35.4 Å². The lowest BCUT2D eigenvalue weighted by atomic mass is 9.85. The second-order valence-corrected chi connectivity index (χ2v) is 6.25. The molecule has 0 aliphatic carbocycles. The standard InChI is InChI=1S/C13H19Cl/c1-12(2,3)10-7-6-8-11(9-10)13(4,5)14/h6-9H,1-5H3. The first-order chi connectivity index (χ1) is 6.21. The molecule has 0 aliphatic heterocycles. The van der Waals surface area contributed by atoms with E-state index in [9.17, 15) is 0 Å². The van der Waals surface area contributed by atoms with Crippen LogP contribution >= 0.6 is 11.6 Å². The molecule has 0 aliphatic rings. The summed E-state index contributed by atoms with van der Waals surface area (Å²) in [6.45, 7) is 10.7. The zero-order valence-corrected chi connectivity index (χ0v) is 10.4. The predicted molar refractivity (Wildman–Crippen MR) is 64.0 cm³/mol. The van der Waals surface area contributed by atoms with Gasteiger partial charge in [0, 0.05) is 0 Å². The normalized spacial score (nSPS) is 13.0. The Labute approximate surface area is 92.3 Å². The fraction of sp³-hybridized carbons (Fsp3) is 0.538. The molecule has 0 radical (unpaired) electrons. The van der Waals surface area contributed by atoms with Gasteiger partial charge in [-0.15, -0.1) is 11.6 Å². The molecule has 1 rings (SSSR count). The van der Waals surface area contributed by atoms with Crippen LogP contribution in [0.4, 0.5) is 0 Å². The lowest BCUT2D eigenvalue weighted by molar-refractivity contribution is 0.587. The third-order valence-electron chi connectivity index (χ3n) is 2.42. The highest BCUT2D eigenvalue weighted by atomic mass is 35.5. The van der Waals surface area contributed by atoms with E-state index in [0.717, 1.165) is 0 Å². The van der Waals surface area contributed by atoms with Gasteiger partial charge >= 0.3 is 0 Å². The van der Waals surface area contributed by atoms with Crippen LogP contribution in [0.3, 0.4) is 0 Å². The highest BCUT2D eigenvalue weighted by Crippen LogP contribution is 2.31. The first-order valence-corrected chi connectivity index (χ1v) is 5.39. The Balaban J connectivity index is 3.15. The maximum atomic E-state index is 6.28. The van der Waals surface area contributed by atoms with Gasteiger partial charge in [-0.25, -0.2) is 0 Å². The van der Waals surface area contributed by atoms with Gasteiger partial charge in [0.2, 0.25) is 0 Å². The van der Waals surface area contributed by atoms with Crippen molar-refractivity contribution >= 4 is 11.6 Å². The van der Waals surface area contributed by atoms with Crippen LogP contribution in [-0.4, -0.2) is 0 Å². The van der Waals surface area contributed by atoms with Crippen molar-refractivity contribution in [2.45, 2.75) is 44.9 Å². The van der Waals surface area contributed by atoms with Crippen LogP contribution in [0, 0.1) is 0 Å². The first-order valence-electron chi connectivity index (χ1n) is 5.01. The Bertz CT molecular complexity index is 283. The number of alkyl halides is 1. The van der Waals surface area contributed by atoms with E-state index < -0.39 is 0 Å². The molecule has 0 saturated heterocycles. The van der Waals surface area contributed by atoms with Gasteiger partial charge in [-0.3, -0.25) is 0 Å². The van der Waals surface area contributed by atoms with Crippen molar-refractivity contribution in [2.75, 3.05) is 0 Å². The number of halogens is 1. The van der Waals surface area contributed by atoms with Crippen molar-refractivity contribution in [2.24, 2.45) is 0 Å². The molecular weight excluding hydrogens is 192 g/mol. The Morgan fingerprint density at radius 3 is 1.86 bits per heavy atom. The van der Waals surface area contributed by atoms with Crippen LogP contribution < -0.4 is 0 Å². The lowest BCUT2D eigenvalue weighted by Gasteiger charge is -2.23. The molecule has 1 heteroatoms. The molecule has 0 unspecified atom stereocenters. The minimum Gasteiger partial charge on any atom is -0.115 e. The van der Waals surface area contributed by atoms with Gasteiger partial charge in [0.1, 0.15) is 0 Å². The topological polar surface area (TPSA) is 0 Å². The SMILES string of the molecule is CC(C)(C)c1cccc(C(C)(C)Cl)c1. The summed E-state index contributed by atoms with van der Waals surface area (Å²) in [6.07, 6.45) is 0. The van der Waals surface area contributed by atoms with Crippen LogP contribution in [0.2, 0.25) is 0 Å². The number of hydrogen-bond donors (Lipinski definition) is 0. The van der Waals surface area contributed by atoms with Gasteiger partial charge in [0.15, 0.2) is 0 Å². The second-order valence-electron chi connectivity index (χ2n) is 5.30. The Kier molecular flexibility index (Phi) is 2.96. The third kappa shape index (κ3) is 2.75. The highest BCUT2D eigenvalue weighted by Gasteiger charge is 2.19. The summed E-state index contributed by atoms with van der Waals surface area (Å²) >= 11 is 6.28. The molecule has 1 aromatic carbocycles. The molecule has 14 heavy (non-hydrogen) atoms. The molecule has 0 N–H and O–H groups in total. The highest BCUT2D eigenvalue weighted by molar-refractivity contribution is 6.23. The van der Waals surface area contributed by atoms with Crippen LogP contribution in [0.25, 0.3) is 0 Å². The van der Waals surface area contributed by atoms with E-state index in [0.29, 0.717) is 0 Å². The van der Waals surface area contributed by atoms with Crippen LogP contribution in [0.15, 0.2) is 24.3 Å². The van der Waals surface area contributed by atoms with E-state index in [1.807, 2.05) is 13.8 Å². The van der Waals surface area contributed by atoms with Crippen molar-refractivity contribution < 1.29 is 0 Å². The molecule has 78 valence electrons. The fourth-order valence-corrected chi connectivity index (χ4v) is 1.47. The van der Waals surface area contributed by atoms with E-state index >= 15 is 0 Å². The van der Waals surface area contributed by atoms with Crippen molar-refractivity contribution in [1.82, 2.24) is 0 Å². The maximum absolute atomic E-state index is 6.28. The molecule has 0 fully saturated rings. The van der Waals surface area contributed by atoms with Crippen LogP contribution in [0.5, 0.6) is 0 Å². The zero-order valence-electron chi connectivity index (χ0n) is 9.69. The van der Waals surface area contributed by atoms with Gasteiger partial charge in [0.05, 0.1) is 4.87 Å². The molecule has 0 bridgehead atoms. The zero-order chi connectivity index (χ0) is 11.0. The second kappa shape index (κ2) is 3.58. The average Bonchev–Trinajstić information content (AvgIpc) is 2.01. The number of rotatable bonds is 1. The summed E-state index contributed by atoms with van der Waals surface area (Å²) in [5.41, 5.74) is 2.72. The molecule has 0 amide bonds. The van der Waals surface area contributed by atoms with E-state index in [2.05, 4.69) is 45.0 Å². The van der Waals surface area contributed by atoms with Crippen molar-refractivity contribution in [1.29, 1.82) is 0 Å². The summed E-state index contributed by atoms with van der Waals surface area (Å²) in [6, 6.07) is 8.53. The lowest BCUT2D eigenvalue weighted by Crippen LogP contribution is -2.14. The predicted octanol–water partition coefficient (Wildman–Crippen LogP) is 4.46. The minimum absolute atomic E-state index is 0.193. The Morgan fingerprint density at radius 1 is 0.929 bits per heavy atom. The molecule has 0 heterocycles. The summed E-state index contributed by atoms with van der Waals surface area (Å²) < 4.78 is 0. The molecule has 0 nitrogen and oxygen atoms in total. The van der Waals surface area contributed by atoms with E-state index in [1.165, 1.54) is 11.1 Å². The molecule has 0 saturated carbocycles. The van der Waals surface area contributed by atoms with Crippen LogP contribution in [-0.2, 0) is 10.3 Å². The molecular formula is C13H19Cl. The van der Waals surface area contributed by atoms with Gasteiger partial charge in [-0.2, -0.15) is 0 Å². The van der Waals surface area contributed by atoms with E-state index in [-0.39, 0.29) is 10.3 Å². The summed E-state index contributed by atoms with van der Waals surface area (Å²) in [7, 11) is 0. The smallest absolute Gasteiger partial charge is 0.0638 e. The number of benzene rings is 1. The fourth-order valence-electron chi connectivity index (χ4n) is 1.36.